The molecule has 2 aromatic rings. The summed E-state index contributed by atoms with van der Waals surface area (Å²) in [5.41, 5.74) is 7.64. The maximum Gasteiger partial charge on any atom is 0.161 e. The van der Waals surface area contributed by atoms with Gasteiger partial charge in [-0.2, -0.15) is 0 Å². The smallest absolute Gasteiger partial charge is 0.161 e. The fourth-order valence-corrected chi connectivity index (χ4v) is 1.74. The Labute approximate surface area is 112 Å². The fourth-order valence-electron chi connectivity index (χ4n) is 1.74. The number of anilines is 4. The van der Waals surface area contributed by atoms with E-state index in [0.717, 1.165) is 5.69 Å². The molecule has 0 aliphatic carbocycles. The third kappa shape index (κ3) is 2.82. The van der Waals surface area contributed by atoms with Crippen LogP contribution in [-0.2, 0) is 0 Å². The van der Waals surface area contributed by atoms with Gasteiger partial charge in [-0.05, 0) is 12.1 Å². The largest absolute Gasteiger partial charge is 0.393 e. The molecule has 0 bridgehead atoms. The Balaban J connectivity index is 2.32. The predicted molar refractivity (Wildman–Crippen MR) is 79.6 cm³/mol. The molecular weight excluding hydrogens is 238 g/mol. The van der Waals surface area contributed by atoms with Crippen molar-refractivity contribution in [2.45, 2.75) is 0 Å². The average Bonchev–Trinajstić information content (AvgIpc) is 2.46. The van der Waals surface area contributed by atoms with Crippen LogP contribution in [0.3, 0.4) is 0 Å². The normalized spacial score (nSPS) is 9.95. The van der Waals surface area contributed by atoms with Crippen molar-refractivity contribution < 1.29 is 0 Å². The van der Waals surface area contributed by atoms with E-state index in [4.69, 9.17) is 5.73 Å². The first-order valence-electron chi connectivity index (χ1n) is 5.98. The van der Waals surface area contributed by atoms with Crippen molar-refractivity contribution in [1.29, 1.82) is 0 Å². The average molecular weight is 255 g/mol. The molecule has 0 fully saturated rings. The van der Waals surface area contributed by atoms with Gasteiger partial charge in [-0.25, -0.2) is 9.97 Å². The van der Waals surface area contributed by atoms with Crippen molar-refractivity contribution in [1.82, 2.24) is 9.97 Å². The van der Waals surface area contributed by atoms with Gasteiger partial charge >= 0.3 is 0 Å². The minimum atomic E-state index is 0.524. The van der Waals surface area contributed by atoms with Gasteiger partial charge < -0.3 is 16.0 Å². The Morgan fingerprint density at radius 1 is 1.32 bits per heavy atom. The zero-order chi connectivity index (χ0) is 13.7. The molecule has 0 saturated heterocycles. The summed E-state index contributed by atoms with van der Waals surface area (Å²) in [5.74, 6) is 1.29. The number of rotatable bonds is 5. The van der Waals surface area contributed by atoms with Gasteiger partial charge in [0.05, 0.1) is 0 Å². The van der Waals surface area contributed by atoms with Crippen LogP contribution < -0.4 is 16.0 Å². The Kier molecular flexibility index (Phi) is 3.97. The maximum absolute atomic E-state index is 6.10. The molecule has 0 atom stereocenters. The summed E-state index contributed by atoms with van der Waals surface area (Å²) in [6.45, 7) is 4.26. The molecule has 5 nitrogen and oxygen atoms in total. The van der Waals surface area contributed by atoms with E-state index < -0.39 is 0 Å². The Morgan fingerprint density at radius 3 is 2.74 bits per heavy atom. The summed E-state index contributed by atoms with van der Waals surface area (Å²) in [6.07, 6.45) is 3.25. The van der Waals surface area contributed by atoms with Crippen molar-refractivity contribution in [2.75, 3.05) is 29.5 Å². The number of nitrogens with two attached hydrogens (primary N) is 1. The van der Waals surface area contributed by atoms with Gasteiger partial charge in [0.1, 0.15) is 12.0 Å². The Morgan fingerprint density at radius 2 is 2.05 bits per heavy atom. The first-order chi connectivity index (χ1) is 9.24. The number of hydrogen-bond acceptors (Lipinski definition) is 5. The van der Waals surface area contributed by atoms with Crippen molar-refractivity contribution in [3.05, 3.63) is 49.3 Å². The number of para-hydroxylation sites is 1. The monoisotopic (exact) mass is 255 g/mol. The van der Waals surface area contributed by atoms with Gasteiger partial charge in [0.2, 0.25) is 0 Å². The molecule has 0 amide bonds. The van der Waals surface area contributed by atoms with E-state index in [-0.39, 0.29) is 0 Å². The number of nitrogens with zero attached hydrogens (tertiary/aromatic N) is 3. The second-order valence-electron chi connectivity index (χ2n) is 4.02. The van der Waals surface area contributed by atoms with E-state index in [0.29, 0.717) is 23.9 Å². The number of nitrogens with one attached hydrogen (secondary N) is 1. The van der Waals surface area contributed by atoms with Gasteiger partial charge in [-0.15, -0.1) is 6.58 Å². The molecule has 19 heavy (non-hydrogen) atoms. The van der Waals surface area contributed by atoms with E-state index in [1.54, 1.807) is 6.08 Å². The van der Waals surface area contributed by atoms with Crippen molar-refractivity contribution in [3.63, 3.8) is 0 Å². The van der Waals surface area contributed by atoms with Crippen LogP contribution >= 0.6 is 0 Å². The highest BCUT2D eigenvalue weighted by Gasteiger charge is 2.12. The molecular formula is C14H17N5. The van der Waals surface area contributed by atoms with Crippen LogP contribution in [0, 0.1) is 0 Å². The molecule has 1 aromatic heterocycles. The van der Waals surface area contributed by atoms with Gasteiger partial charge in [-0.3, -0.25) is 0 Å². The van der Waals surface area contributed by atoms with Crippen LogP contribution in [0.5, 0.6) is 0 Å². The lowest BCUT2D eigenvalue weighted by molar-refractivity contribution is 1.08. The van der Waals surface area contributed by atoms with Gasteiger partial charge in [0.25, 0.3) is 0 Å². The summed E-state index contributed by atoms with van der Waals surface area (Å²) >= 11 is 0. The quantitative estimate of drug-likeness (QED) is 0.803. The second kappa shape index (κ2) is 5.86. The van der Waals surface area contributed by atoms with E-state index >= 15 is 0 Å². The highest BCUT2D eigenvalue weighted by molar-refractivity contribution is 5.78. The van der Waals surface area contributed by atoms with Crippen molar-refractivity contribution >= 4 is 23.0 Å². The molecule has 98 valence electrons. The van der Waals surface area contributed by atoms with Crippen LogP contribution in [0.25, 0.3) is 0 Å². The third-order valence-electron chi connectivity index (χ3n) is 2.74. The third-order valence-corrected chi connectivity index (χ3v) is 2.74. The standard InChI is InChI=1S/C14H17N5/c1-3-9-16-13-12(15)14(18-10-17-13)19(2)11-7-5-4-6-8-11/h3-8,10H,1,9,15H2,2H3,(H,16,17,18). The van der Waals surface area contributed by atoms with Crippen molar-refractivity contribution in [2.24, 2.45) is 0 Å². The summed E-state index contributed by atoms with van der Waals surface area (Å²) in [5, 5.41) is 3.09. The number of hydrogen-bond donors (Lipinski definition) is 2. The highest BCUT2D eigenvalue weighted by Crippen LogP contribution is 2.29. The fraction of sp³-hybridized carbons (Fsp3) is 0.143. The Hall–Kier alpha value is -2.56. The minimum Gasteiger partial charge on any atom is -0.393 e. The summed E-state index contributed by atoms with van der Waals surface area (Å²) < 4.78 is 0. The van der Waals surface area contributed by atoms with Crippen LogP contribution in [0.4, 0.5) is 23.0 Å². The van der Waals surface area contributed by atoms with Crippen LogP contribution in [0.15, 0.2) is 49.3 Å². The molecule has 0 aliphatic heterocycles. The zero-order valence-corrected chi connectivity index (χ0v) is 10.9. The molecule has 0 spiro atoms. The lowest BCUT2D eigenvalue weighted by atomic mass is 10.3. The first-order valence-corrected chi connectivity index (χ1v) is 5.98. The van der Waals surface area contributed by atoms with E-state index in [2.05, 4.69) is 21.9 Å². The minimum absolute atomic E-state index is 0.524. The number of nitrogen functional groups attached to an aromatic ring is 1. The van der Waals surface area contributed by atoms with E-state index in [1.807, 2.05) is 42.3 Å². The second-order valence-corrected chi connectivity index (χ2v) is 4.02. The molecule has 3 N–H and O–H groups in total. The van der Waals surface area contributed by atoms with Gasteiger partial charge in [-0.1, -0.05) is 24.3 Å². The first kappa shape index (κ1) is 12.9. The summed E-state index contributed by atoms with van der Waals surface area (Å²) in [4.78, 5) is 10.3. The van der Waals surface area contributed by atoms with E-state index in [1.165, 1.54) is 6.33 Å². The lowest BCUT2D eigenvalue weighted by Gasteiger charge is -2.20. The molecule has 0 saturated carbocycles. The lowest BCUT2D eigenvalue weighted by Crippen LogP contribution is -2.15. The SMILES string of the molecule is C=CCNc1ncnc(N(C)c2ccccc2)c1N. The molecule has 0 unspecified atom stereocenters. The highest BCUT2D eigenvalue weighted by atomic mass is 15.2. The topological polar surface area (TPSA) is 67.1 Å². The maximum atomic E-state index is 6.10. The summed E-state index contributed by atoms with van der Waals surface area (Å²) in [7, 11) is 1.92. The van der Waals surface area contributed by atoms with E-state index in [9.17, 15) is 0 Å². The van der Waals surface area contributed by atoms with Crippen LogP contribution in [-0.4, -0.2) is 23.6 Å². The zero-order valence-electron chi connectivity index (χ0n) is 10.9. The molecule has 1 heterocycles. The van der Waals surface area contributed by atoms with Gasteiger partial charge in [0, 0.05) is 19.3 Å². The molecule has 0 aliphatic rings. The number of benzene rings is 1. The Bertz CT molecular complexity index is 553. The molecule has 5 heteroatoms. The van der Waals surface area contributed by atoms with Crippen LogP contribution in [0.2, 0.25) is 0 Å². The molecule has 1 aromatic carbocycles. The van der Waals surface area contributed by atoms with Gasteiger partial charge in [0.15, 0.2) is 11.6 Å². The predicted octanol–water partition coefficient (Wildman–Crippen LogP) is 2.42. The number of aromatic nitrogens is 2. The molecule has 2 rings (SSSR count). The van der Waals surface area contributed by atoms with Crippen LogP contribution in [0.1, 0.15) is 0 Å². The molecule has 0 radical (unpaired) electrons. The van der Waals surface area contributed by atoms with Crippen molar-refractivity contribution in [3.8, 4) is 0 Å². The summed E-state index contributed by atoms with van der Waals surface area (Å²) in [6, 6.07) is 9.91.